The van der Waals surface area contributed by atoms with Crippen LogP contribution < -0.4 is 5.73 Å². The summed E-state index contributed by atoms with van der Waals surface area (Å²) in [5.41, 5.74) is 6.53. The van der Waals surface area contributed by atoms with E-state index < -0.39 is 0 Å². The minimum absolute atomic E-state index is 0.00524. The molecule has 2 heterocycles. The van der Waals surface area contributed by atoms with E-state index in [1.807, 2.05) is 23.6 Å². The van der Waals surface area contributed by atoms with Gasteiger partial charge in [-0.15, -0.1) is 0 Å². The molecule has 1 aliphatic heterocycles. The second-order valence-corrected chi connectivity index (χ2v) is 6.71. The Kier molecular flexibility index (Phi) is 4.43. The van der Waals surface area contributed by atoms with Gasteiger partial charge in [-0.2, -0.15) is 0 Å². The van der Waals surface area contributed by atoms with Gasteiger partial charge in [-0.05, 0) is 39.2 Å². The number of piperazine rings is 1. The lowest BCUT2D eigenvalue weighted by atomic mass is 10.1. The van der Waals surface area contributed by atoms with Crippen LogP contribution >= 0.6 is 0 Å². The topological polar surface area (TPSA) is 79.8 Å². The largest absolute Gasteiger partial charge is 0.466 e. The quantitative estimate of drug-likeness (QED) is 0.891. The summed E-state index contributed by atoms with van der Waals surface area (Å²) in [7, 11) is 0. The van der Waals surface area contributed by atoms with Gasteiger partial charge >= 0.3 is 0 Å². The van der Waals surface area contributed by atoms with Crippen LogP contribution in [0.15, 0.2) is 10.5 Å². The molecule has 1 aromatic heterocycles. The molecule has 0 aromatic carbocycles. The van der Waals surface area contributed by atoms with Gasteiger partial charge in [-0.25, -0.2) is 0 Å². The molecule has 2 aliphatic rings. The van der Waals surface area contributed by atoms with Crippen LogP contribution in [0.25, 0.3) is 0 Å². The molecule has 1 saturated carbocycles. The molecule has 6 nitrogen and oxygen atoms in total. The number of nitrogens with zero attached hydrogens (tertiary/aromatic N) is 2. The van der Waals surface area contributed by atoms with Crippen molar-refractivity contribution in [1.82, 2.24) is 9.80 Å². The molecular weight excluding hydrogens is 294 g/mol. The summed E-state index contributed by atoms with van der Waals surface area (Å²) >= 11 is 0. The lowest BCUT2D eigenvalue weighted by molar-refractivity contribution is -0.136. The summed E-state index contributed by atoms with van der Waals surface area (Å²) in [5.74, 6) is 1.68. The number of hydrogen-bond donors (Lipinski definition) is 1. The van der Waals surface area contributed by atoms with E-state index in [-0.39, 0.29) is 23.8 Å². The Bertz CT molecular complexity index is 602. The number of carbonyl (C=O) groups excluding carboxylic acids is 2. The Morgan fingerprint density at radius 2 is 1.78 bits per heavy atom. The van der Waals surface area contributed by atoms with Gasteiger partial charge in [0.25, 0.3) is 5.91 Å². The highest BCUT2D eigenvalue weighted by atomic mass is 16.3. The van der Waals surface area contributed by atoms with Crippen molar-refractivity contribution in [2.45, 2.75) is 39.2 Å². The van der Waals surface area contributed by atoms with E-state index in [0.29, 0.717) is 37.5 Å². The van der Waals surface area contributed by atoms with E-state index in [1.54, 1.807) is 6.07 Å². The lowest BCUT2D eigenvalue weighted by Crippen LogP contribution is -2.51. The highest BCUT2D eigenvalue weighted by molar-refractivity contribution is 5.95. The van der Waals surface area contributed by atoms with Crippen molar-refractivity contribution >= 4 is 11.8 Å². The molecule has 3 rings (SSSR count). The number of nitrogens with two attached hydrogens (primary N) is 1. The molecule has 2 amide bonds. The summed E-state index contributed by atoms with van der Waals surface area (Å²) in [6.07, 6.45) is 2.63. The number of aryl methyl sites for hydroxylation is 2. The number of hydrogen-bond acceptors (Lipinski definition) is 4. The van der Waals surface area contributed by atoms with E-state index in [0.717, 1.165) is 25.0 Å². The molecule has 126 valence electrons. The van der Waals surface area contributed by atoms with E-state index in [4.69, 9.17) is 10.2 Å². The van der Waals surface area contributed by atoms with Gasteiger partial charge in [0, 0.05) is 38.1 Å². The van der Waals surface area contributed by atoms with Crippen LogP contribution in [-0.4, -0.2) is 53.8 Å². The molecule has 1 saturated heterocycles. The van der Waals surface area contributed by atoms with Gasteiger partial charge in [0.2, 0.25) is 5.91 Å². The fourth-order valence-electron chi connectivity index (χ4n) is 3.64. The van der Waals surface area contributed by atoms with E-state index in [9.17, 15) is 9.59 Å². The fourth-order valence-corrected chi connectivity index (χ4v) is 3.64. The molecule has 6 heteroatoms. The molecule has 1 aliphatic carbocycles. The molecular formula is C17H25N3O3. The predicted molar refractivity (Wildman–Crippen MR) is 86.0 cm³/mol. The molecule has 0 spiro atoms. The Labute approximate surface area is 136 Å². The van der Waals surface area contributed by atoms with Gasteiger partial charge in [0.15, 0.2) is 0 Å². The van der Waals surface area contributed by atoms with Crippen LogP contribution in [0.5, 0.6) is 0 Å². The maximum absolute atomic E-state index is 12.6. The smallest absolute Gasteiger partial charge is 0.257 e. The molecule has 2 unspecified atom stereocenters. The number of carbonyl (C=O) groups is 2. The first-order chi connectivity index (χ1) is 11.0. The van der Waals surface area contributed by atoms with Gasteiger partial charge < -0.3 is 20.0 Å². The predicted octanol–water partition coefficient (Wildman–Crippen LogP) is 1.31. The highest BCUT2D eigenvalue weighted by Gasteiger charge is 2.33. The number of rotatable bonds is 2. The molecule has 0 bridgehead atoms. The van der Waals surface area contributed by atoms with Crippen LogP contribution in [0.3, 0.4) is 0 Å². The van der Waals surface area contributed by atoms with Crippen LogP contribution in [-0.2, 0) is 4.79 Å². The van der Waals surface area contributed by atoms with E-state index >= 15 is 0 Å². The SMILES string of the molecule is Cc1cc(C(=O)N2CCN(C(=O)C3CCC(N)C3)CC2)c(C)o1. The van der Waals surface area contributed by atoms with Crippen molar-refractivity contribution in [3.63, 3.8) is 0 Å². The summed E-state index contributed by atoms with van der Waals surface area (Å²) < 4.78 is 5.44. The van der Waals surface area contributed by atoms with Crippen LogP contribution in [0.1, 0.15) is 41.1 Å². The first-order valence-corrected chi connectivity index (χ1v) is 8.36. The second-order valence-electron chi connectivity index (χ2n) is 6.71. The third-order valence-corrected chi connectivity index (χ3v) is 4.97. The Balaban J connectivity index is 1.57. The van der Waals surface area contributed by atoms with Gasteiger partial charge in [-0.3, -0.25) is 9.59 Å². The summed E-state index contributed by atoms with van der Waals surface area (Å²) in [5, 5.41) is 0. The van der Waals surface area contributed by atoms with Crippen molar-refractivity contribution in [3.8, 4) is 0 Å². The molecule has 1 aromatic rings. The van der Waals surface area contributed by atoms with Gasteiger partial charge in [-0.1, -0.05) is 0 Å². The summed E-state index contributed by atoms with van der Waals surface area (Å²) in [6.45, 7) is 6.01. The highest BCUT2D eigenvalue weighted by Crippen LogP contribution is 2.26. The normalized spacial score (nSPS) is 25.0. The van der Waals surface area contributed by atoms with Crippen molar-refractivity contribution in [1.29, 1.82) is 0 Å². The van der Waals surface area contributed by atoms with E-state index in [1.165, 1.54) is 0 Å². The third kappa shape index (κ3) is 3.27. The zero-order valence-corrected chi connectivity index (χ0v) is 13.9. The first kappa shape index (κ1) is 16.1. The number of amides is 2. The zero-order valence-electron chi connectivity index (χ0n) is 13.9. The minimum Gasteiger partial charge on any atom is -0.466 e. The zero-order chi connectivity index (χ0) is 16.6. The van der Waals surface area contributed by atoms with Crippen molar-refractivity contribution in [2.24, 2.45) is 11.7 Å². The molecule has 0 radical (unpaired) electrons. The van der Waals surface area contributed by atoms with Crippen molar-refractivity contribution in [2.75, 3.05) is 26.2 Å². The lowest BCUT2D eigenvalue weighted by Gasteiger charge is -2.36. The fraction of sp³-hybridized carbons (Fsp3) is 0.647. The van der Waals surface area contributed by atoms with Crippen LogP contribution in [0, 0.1) is 19.8 Å². The second kappa shape index (κ2) is 6.35. The average Bonchev–Trinajstić information content (AvgIpc) is 3.11. The summed E-state index contributed by atoms with van der Waals surface area (Å²) in [4.78, 5) is 28.8. The molecule has 2 fully saturated rings. The minimum atomic E-state index is -0.00524. The van der Waals surface area contributed by atoms with Crippen LogP contribution in [0.4, 0.5) is 0 Å². The Hall–Kier alpha value is -1.82. The van der Waals surface area contributed by atoms with Gasteiger partial charge in [0.1, 0.15) is 11.5 Å². The maximum atomic E-state index is 12.6. The third-order valence-electron chi connectivity index (χ3n) is 4.97. The van der Waals surface area contributed by atoms with Crippen molar-refractivity contribution < 1.29 is 14.0 Å². The van der Waals surface area contributed by atoms with E-state index in [2.05, 4.69) is 0 Å². The number of furan rings is 1. The Morgan fingerprint density at radius 3 is 2.30 bits per heavy atom. The summed E-state index contributed by atoms with van der Waals surface area (Å²) in [6, 6.07) is 1.95. The molecule has 2 atom stereocenters. The molecule has 2 N–H and O–H groups in total. The maximum Gasteiger partial charge on any atom is 0.257 e. The van der Waals surface area contributed by atoms with Gasteiger partial charge in [0.05, 0.1) is 5.56 Å². The monoisotopic (exact) mass is 319 g/mol. The van der Waals surface area contributed by atoms with Crippen LogP contribution in [0.2, 0.25) is 0 Å². The standard InChI is InChI=1S/C17H25N3O3/c1-11-9-15(12(2)23-11)17(22)20-7-5-19(6-8-20)16(21)13-3-4-14(18)10-13/h9,13-14H,3-8,10,18H2,1-2H3. The Morgan fingerprint density at radius 1 is 1.13 bits per heavy atom. The van der Waals surface area contributed by atoms with Crippen molar-refractivity contribution in [3.05, 3.63) is 23.2 Å². The average molecular weight is 319 g/mol. The molecule has 23 heavy (non-hydrogen) atoms. The first-order valence-electron chi connectivity index (χ1n) is 8.36.